The van der Waals surface area contributed by atoms with Gasteiger partial charge in [0.2, 0.25) is 0 Å². The Balaban J connectivity index is 2.10. The average Bonchev–Trinajstić information content (AvgIpc) is 2.87. The van der Waals surface area contributed by atoms with Crippen molar-refractivity contribution in [1.82, 2.24) is 19.6 Å². The summed E-state index contributed by atoms with van der Waals surface area (Å²) in [5, 5.41) is 18.2. The van der Waals surface area contributed by atoms with Gasteiger partial charge in [-0.05, 0) is 13.0 Å². The van der Waals surface area contributed by atoms with E-state index in [0.717, 1.165) is 5.69 Å². The maximum atomic E-state index is 11.1. The van der Waals surface area contributed by atoms with Gasteiger partial charge in [-0.3, -0.25) is 0 Å². The molecule has 0 radical (unpaired) electrons. The molecule has 3 rings (SSSR count). The zero-order valence-electron chi connectivity index (χ0n) is 10.6. The predicted octanol–water partition coefficient (Wildman–Crippen LogP) is 0.540. The lowest BCUT2D eigenvalue weighted by Gasteiger charge is -2.13. The zero-order valence-corrected chi connectivity index (χ0v) is 10.6. The molecule has 0 bridgehead atoms. The lowest BCUT2D eigenvalue weighted by Crippen LogP contribution is -2.23. The minimum Gasteiger partial charge on any atom is -0.545 e. The standard InChI is InChI=1S/C13H11N5O2/c1-8-6-11(18-13(16-8)14-7-15-18)17-10-5-3-2-4-9(10)12(19)20/h2-7,17H,1H3,(H,19,20)/p-1. The molecular formula is C13H10N5O2-. The third kappa shape index (κ3) is 2.05. The fraction of sp³-hybridized carbons (Fsp3) is 0.0769. The number of benzene rings is 1. The molecule has 0 atom stereocenters. The SMILES string of the molecule is Cc1cc(Nc2ccccc2C(=O)[O-])n2ncnc2n1. The van der Waals surface area contributed by atoms with Crippen LogP contribution in [-0.4, -0.2) is 25.6 Å². The molecule has 7 nitrogen and oxygen atoms in total. The van der Waals surface area contributed by atoms with Crippen molar-refractivity contribution in [3.05, 3.63) is 47.9 Å². The minimum absolute atomic E-state index is 0.0789. The molecule has 0 saturated carbocycles. The Bertz CT molecular complexity index is 796. The number of para-hydroxylation sites is 1. The van der Waals surface area contributed by atoms with Gasteiger partial charge in [0.15, 0.2) is 0 Å². The van der Waals surface area contributed by atoms with E-state index in [9.17, 15) is 9.90 Å². The molecule has 2 heterocycles. The van der Waals surface area contributed by atoms with Gasteiger partial charge in [-0.2, -0.15) is 14.6 Å². The number of aryl methyl sites for hydroxylation is 1. The molecule has 0 aliphatic rings. The van der Waals surface area contributed by atoms with Crippen LogP contribution in [0.3, 0.4) is 0 Å². The number of carboxylic acids is 1. The van der Waals surface area contributed by atoms with Crippen LogP contribution in [0.5, 0.6) is 0 Å². The van der Waals surface area contributed by atoms with Gasteiger partial charge in [0.1, 0.15) is 12.1 Å². The normalized spacial score (nSPS) is 10.7. The summed E-state index contributed by atoms with van der Waals surface area (Å²) in [5.74, 6) is -0.217. The van der Waals surface area contributed by atoms with E-state index in [0.29, 0.717) is 17.3 Å². The van der Waals surface area contributed by atoms with Gasteiger partial charge >= 0.3 is 0 Å². The molecule has 1 N–H and O–H groups in total. The fourth-order valence-corrected chi connectivity index (χ4v) is 1.93. The summed E-state index contributed by atoms with van der Waals surface area (Å²) in [6.45, 7) is 1.82. The predicted molar refractivity (Wildman–Crippen MR) is 69.6 cm³/mol. The molecule has 0 spiro atoms. The molecule has 7 heteroatoms. The second-order valence-corrected chi connectivity index (χ2v) is 4.21. The third-order valence-corrected chi connectivity index (χ3v) is 2.79. The van der Waals surface area contributed by atoms with E-state index < -0.39 is 5.97 Å². The third-order valence-electron chi connectivity index (χ3n) is 2.79. The number of aromatic nitrogens is 4. The molecule has 1 aromatic carbocycles. The van der Waals surface area contributed by atoms with Crippen LogP contribution in [0.25, 0.3) is 5.78 Å². The van der Waals surface area contributed by atoms with Crippen LogP contribution in [0.4, 0.5) is 11.5 Å². The highest BCUT2D eigenvalue weighted by Crippen LogP contribution is 2.20. The Morgan fingerprint density at radius 3 is 2.95 bits per heavy atom. The molecule has 0 fully saturated rings. The Morgan fingerprint density at radius 1 is 1.35 bits per heavy atom. The number of fused-ring (bicyclic) bond motifs is 1. The van der Waals surface area contributed by atoms with E-state index in [1.165, 1.54) is 16.9 Å². The van der Waals surface area contributed by atoms with Crippen LogP contribution < -0.4 is 10.4 Å². The van der Waals surface area contributed by atoms with Crippen LogP contribution in [0.15, 0.2) is 36.7 Å². The summed E-state index contributed by atoms with van der Waals surface area (Å²) in [5.41, 5.74) is 1.25. The first-order valence-electron chi connectivity index (χ1n) is 5.90. The van der Waals surface area contributed by atoms with E-state index in [2.05, 4.69) is 20.4 Å². The van der Waals surface area contributed by atoms with Gasteiger partial charge in [-0.25, -0.2) is 4.98 Å². The van der Waals surface area contributed by atoms with Crippen molar-refractivity contribution in [1.29, 1.82) is 0 Å². The minimum atomic E-state index is -1.24. The van der Waals surface area contributed by atoms with Gasteiger partial charge in [0.05, 0.1) is 5.97 Å². The van der Waals surface area contributed by atoms with E-state index in [-0.39, 0.29) is 5.56 Å². The van der Waals surface area contributed by atoms with E-state index in [1.54, 1.807) is 24.3 Å². The first-order valence-corrected chi connectivity index (χ1v) is 5.90. The lowest BCUT2D eigenvalue weighted by atomic mass is 10.2. The molecule has 0 saturated heterocycles. The van der Waals surface area contributed by atoms with Crippen molar-refractivity contribution in [2.24, 2.45) is 0 Å². The Morgan fingerprint density at radius 2 is 2.15 bits per heavy atom. The van der Waals surface area contributed by atoms with Crippen molar-refractivity contribution < 1.29 is 9.90 Å². The number of anilines is 2. The highest BCUT2D eigenvalue weighted by Gasteiger charge is 2.08. The summed E-state index contributed by atoms with van der Waals surface area (Å²) >= 11 is 0. The highest BCUT2D eigenvalue weighted by molar-refractivity contribution is 5.93. The van der Waals surface area contributed by atoms with Crippen molar-refractivity contribution in [3.63, 3.8) is 0 Å². The number of nitrogens with one attached hydrogen (secondary N) is 1. The summed E-state index contributed by atoms with van der Waals surface area (Å²) in [4.78, 5) is 19.3. The van der Waals surface area contributed by atoms with Crippen LogP contribution in [-0.2, 0) is 0 Å². The first-order chi connectivity index (χ1) is 9.65. The van der Waals surface area contributed by atoms with Gasteiger partial charge in [-0.1, -0.05) is 18.2 Å². The molecule has 2 aromatic heterocycles. The second-order valence-electron chi connectivity index (χ2n) is 4.21. The zero-order chi connectivity index (χ0) is 14.1. The topological polar surface area (TPSA) is 95.2 Å². The summed E-state index contributed by atoms with van der Waals surface area (Å²) in [7, 11) is 0. The smallest absolute Gasteiger partial charge is 0.254 e. The summed E-state index contributed by atoms with van der Waals surface area (Å²) < 4.78 is 1.50. The highest BCUT2D eigenvalue weighted by atomic mass is 16.4. The Labute approximate surface area is 113 Å². The van der Waals surface area contributed by atoms with Crippen molar-refractivity contribution in [3.8, 4) is 0 Å². The fourth-order valence-electron chi connectivity index (χ4n) is 1.93. The molecule has 0 amide bonds. The van der Waals surface area contributed by atoms with Gasteiger partial charge in [-0.15, -0.1) is 0 Å². The number of carboxylic acid groups (broad SMARTS) is 1. The van der Waals surface area contributed by atoms with Gasteiger partial charge < -0.3 is 15.2 Å². The maximum Gasteiger partial charge on any atom is 0.254 e. The number of aromatic carboxylic acids is 1. The summed E-state index contributed by atoms with van der Waals surface area (Å²) in [6, 6.07) is 8.27. The number of rotatable bonds is 3. The molecule has 0 aliphatic heterocycles. The first kappa shape index (κ1) is 12.1. The van der Waals surface area contributed by atoms with E-state index in [4.69, 9.17) is 0 Å². The summed E-state index contributed by atoms with van der Waals surface area (Å²) in [6.07, 6.45) is 1.39. The number of carbonyl (C=O) groups is 1. The van der Waals surface area contributed by atoms with E-state index in [1.807, 2.05) is 6.92 Å². The number of nitrogens with zero attached hydrogens (tertiary/aromatic N) is 4. The van der Waals surface area contributed by atoms with Crippen molar-refractivity contribution in [2.45, 2.75) is 6.92 Å². The van der Waals surface area contributed by atoms with E-state index >= 15 is 0 Å². The number of carbonyl (C=O) groups excluding carboxylic acids is 1. The molecule has 20 heavy (non-hydrogen) atoms. The van der Waals surface area contributed by atoms with Crippen LogP contribution in [0.1, 0.15) is 16.1 Å². The lowest BCUT2D eigenvalue weighted by molar-refractivity contribution is -0.254. The van der Waals surface area contributed by atoms with Crippen LogP contribution in [0.2, 0.25) is 0 Å². The molecule has 3 aromatic rings. The monoisotopic (exact) mass is 268 g/mol. The average molecular weight is 268 g/mol. The van der Waals surface area contributed by atoms with Crippen molar-refractivity contribution >= 4 is 23.3 Å². The van der Waals surface area contributed by atoms with Gasteiger partial charge in [0.25, 0.3) is 5.78 Å². The second kappa shape index (κ2) is 4.61. The number of hydrogen-bond donors (Lipinski definition) is 1. The molecule has 100 valence electrons. The largest absolute Gasteiger partial charge is 0.545 e. The van der Waals surface area contributed by atoms with Crippen molar-refractivity contribution in [2.75, 3.05) is 5.32 Å². The molecule has 0 unspecified atom stereocenters. The maximum absolute atomic E-state index is 11.1. The Hall–Kier alpha value is -2.96. The molecular weight excluding hydrogens is 258 g/mol. The quantitative estimate of drug-likeness (QED) is 0.745. The number of hydrogen-bond acceptors (Lipinski definition) is 6. The van der Waals surface area contributed by atoms with Gasteiger partial charge in [0, 0.05) is 23.0 Å². The van der Waals surface area contributed by atoms with Crippen LogP contribution >= 0.6 is 0 Å². The van der Waals surface area contributed by atoms with Crippen LogP contribution in [0, 0.1) is 6.92 Å². The Kier molecular flexibility index (Phi) is 2.79. The molecule has 0 aliphatic carbocycles.